The molecule has 0 amide bonds. The Morgan fingerprint density at radius 2 is 1.88 bits per heavy atom. The van der Waals surface area contributed by atoms with Crippen molar-refractivity contribution in [3.63, 3.8) is 0 Å². The van der Waals surface area contributed by atoms with Crippen LogP contribution in [0.25, 0.3) is 22.4 Å². The van der Waals surface area contributed by atoms with Gasteiger partial charge < -0.3 is 9.63 Å². The largest absolute Gasteiger partial charge is 0.388 e. The van der Waals surface area contributed by atoms with Crippen molar-refractivity contribution in [3.8, 4) is 22.4 Å². The van der Waals surface area contributed by atoms with Crippen LogP contribution in [-0.4, -0.2) is 18.7 Å². The summed E-state index contributed by atoms with van der Waals surface area (Å²) in [6.07, 6.45) is 0. The summed E-state index contributed by atoms with van der Waals surface area (Å²) in [4.78, 5) is -0.662. The van der Waals surface area contributed by atoms with Crippen molar-refractivity contribution < 1.29 is 26.8 Å². The third-order valence-electron chi connectivity index (χ3n) is 3.53. The van der Waals surface area contributed by atoms with Gasteiger partial charge in [-0.25, -0.2) is 22.3 Å². The van der Waals surface area contributed by atoms with E-state index in [2.05, 4.69) is 5.16 Å². The number of nitrogens with zero attached hydrogens (tertiary/aromatic N) is 1. The van der Waals surface area contributed by atoms with Crippen LogP contribution in [0.1, 0.15) is 5.76 Å². The molecule has 0 atom stereocenters. The van der Waals surface area contributed by atoms with E-state index in [1.54, 1.807) is 6.07 Å². The summed E-state index contributed by atoms with van der Waals surface area (Å²) in [6, 6.07) is 8.73. The molecule has 3 rings (SSSR count). The Morgan fingerprint density at radius 1 is 1.12 bits per heavy atom. The van der Waals surface area contributed by atoms with Gasteiger partial charge in [0.25, 0.3) is 0 Å². The SMILES string of the molecule is NS(=O)(=O)c1ccc(-c2c(-c3cccc(F)c3)noc2CO)cc1F. The number of halogens is 2. The summed E-state index contributed by atoms with van der Waals surface area (Å²) < 4.78 is 55.3. The van der Waals surface area contributed by atoms with E-state index in [1.807, 2.05) is 0 Å². The molecule has 1 heterocycles. The van der Waals surface area contributed by atoms with Gasteiger partial charge in [0, 0.05) is 5.56 Å². The number of hydrogen-bond donors (Lipinski definition) is 2. The van der Waals surface area contributed by atoms with Crippen LogP contribution in [-0.2, 0) is 16.6 Å². The van der Waals surface area contributed by atoms with Gasteiger partial charge in [-0.15, -0.1) is 0 Å². The maximum atomic E-state index is 14.1. The molecule has 0 saturated carbocycles. The summed E-state index contributed by atoms with van der Waals surface area (Å²) >= 11 is 0. The zero-order valence-corrected chi connectivity index (χ0v) is 13.4. The van der Waals surface area contributed by atoms with Crippen molar-refractivity contribution in [2.75, 3.05) is 0 Å². The minimum atomic E-state index is -4.22. The third-order valence-corrected chi connectivity index (χ3v) is 4.48. The van der Waals surface area contributed by atoms with E-state index in [9.17, 15) is 22.3 Å². The van der Waals surface area contributed by atoms with E-state index < -0.39 is 33.2 Å². The van der Waals surface area contributed by atoms with Gasteiger partial charge in [0.15, 0.2) is 5.76 Å². The lowest BCUT2D eigenvalue weighted by atomic mass is 9.99. The highest BCUT2D eigenvalue weighted by Gasteiger charge is 2.22. The average molecular weight is 366 g/mol. The Bertz CT molecular complexity index is 1050. The predicted octanol–water partition coefficient (Wildman–Crippen LogP) is 2.43. The maximum absolute atomic E-state index is 14.1. The number of sulfonamides is 1. The quantitative estimate of drug-likeness (QED) is 0.738. The van der Waals surface area contributed by atoms with E-state index in [1.165, 1.54) is 24.3 Å². The van der Waals surface area contributed by atoms with Crippen LogP contribution in [0.15, 0.2) is 51.9 Å². The molecule has 0 aliphatic rings. The standard InChI is InChI=1S/C16H12F2N2O4S/c17-11-3-1-2-10(6-11)16-15(13(8-21)24-20-16)9-4-5-14(12(18)7-9)25(19,22)23/h1-7,21H,8H2,(H2,19,22,23). The lowest BCUT2D eigenvalue weighted by Crippen LogP contribution is -2.14. The lowest BCUT2D eigenvalue weighted by molar-refractivity contribution is 0.230. The number of benzene rings is 2. The van der Waals surface area contributed by atoms with Gasteiger partial charge >= 0.3 is 0 Å². The van der Waals surface area contributed by atoms with E-state index in [-0.39, 0.29) is 22.6 Å². The van der Waals surface area contributed by atoms with Gasteiger partial charge in [0.05, 0.1) is 5.56 Å². The Morgan fingerprint density at radius 3 is 2.48 bits per heavy atom. The smallest absolute Gasteiger partial charge is 0.240 e. The van der Waals surface area contributed by atoms with Crippen molar-refractivity contribution in [2.45, 2.75) is 11.5 Å². The van der Waals surface area contributed by atoms with Crippen molar-refractivity contribution >= 4 is 10.0 Å². The highest BCUT2D eigenvalue weighted by atomic mass is 32.2. The molecule has 3 aromatic rings. The first-order chi connectivity index (χ1) is 11.8. The number of hydrogen-bond acceptors (Lipinski definition) is 5. The first kappa shape index (κ1) is 17.2. The molecule has 0 fully saturated rings. The van der Waals surface area contributed by atoms with Gasteiger partial charge in [-0.2, -0.15) is 0 Å². The van der Waals surface area contributed by atoms with Gasteiger partial charge in [0.2, 0.25) is 10.0 Å². The predicted molar refractivity (Wildman–Crippen MR) is 84.6 cm³/mol. The molecule has 0 aliphatic carbocycles. The third kappa shape index (κ3) is 3.29. The Hall–Kier alpha value is -2.62. The fourth-order valence-corrected chi connectivity index (χ4v) is 3.04. The molecule has 2 aromatic carbocycles. The molecule has 0 aliphatic heterocycles. The van der Waals surface area contributed by atoms with E-state index in [0.717, 1.165) is 12.1 Å². The van der Waals surface area contributed by atoms with Crippen LogP contribution < -0.4 is 5.14 Å². The lowest BCUT2D eigenvalue weighted by Gasteiger charge is -2.06. The zero-order valence-electron chi connectivity index (χ0n) is 12.6. The topological polar surface area (TPSA) is 106 Å². The molecule has 9 heteroatoms. The fraction of sp³-hybridized carbons (Fsp3) is 0.0625. The molecule has 3 N–H and O–H groups in total. The Labute approximate surface area is 141 Å². The first-order valence-corrected chi connectivity index (χ1v) is 8.54. The van der Waals surface area contributed by atoms with Crippen LogP contribution in [0.5, 0.6) is 0 Å². The molecule has 1 aromatic heterocycles. The summed E-state index contributed by atoms with van der Waals surface area (Å²) in [5.41, 5.74) is 0.975. The summed E-state index contributed by atoms with van der Waals surface area (Å²) in [7, 11) is -4.22. The van der Waals surface area contributed by atoms with E-state index in [0.29, 0.717) is 5.56 Å². The van der Waals surface area contributed by atoms with E-state index >= 15 is 0 Å². The summed E-state index contributed by atoms with van der Waals surface area (Å²) in [6.45, 7) is -0.532. The number of primary sulfonamides is 1. The monoisotopic (exact) mass is 366 g/mol. The van der Waals surface area contributed by atoms with Crippen LogP contribution in [0, 0.1) is 11.6 Å². The second-order valence-electron chi connectivity index (χ2n) is 5.19. The van der Waals surface area contributed by atoms with Crippen molar-refractivity contribution in [2.24, 2.45) is 5.14 Å². The van der Waals surface area contributed by atoms with E-state index in [4.69, 9.17) is 9.66 Å². The number of rotatable bonds is 4. The van der Waals surface area contributed by atoms with Gasteiger partial charge in [-0.1, -0.05) is 23.4 Å². The Balaban J connectivity index is 2.21. The highest BCUT2D eigenvalue weighted by molar-refractivity contribution is 7.89. The minimum absolute atomic E-state index is 0.0296. The van der Waals surface area contributed by atoms with Crippen LogP contribution in [0.4, 0.5) is 8.78 Å². The van der Waals surface area contributed by atoms with Crippen LogP contribution in [0.2, 0.25) is 0 Å². The molecular weight excluding hydrogens is 354 g/mol. The molecule has 0 bridgehead atoms. The summed E-state index contributed by atoms with van der Waals surface area (Å²) in [5.74, 6) is -1.54. The van der Waals surface area contributed by atoms with Gasteiger partial charge in [-0.05, 0) is 29.8 Å². The maximum Gasteiger partial charge on any atom is 0.240 e. The normalized spacial score (nSPS) is 11.7. The number of aliphatic hydroxyl groups is 1. The molecule has 25 heavy (non-hydrogen) atoms. The van der Waals surface area contributed by atoms with Crippen molar-refractivity contribution in [1.29, 1.82) is 0 Å². The highest BCUT2D eigenvalue weighted by Crippen LogP contribution is 2.36. The molecular formula is C16H12F2N2O4S. The van der Waals surface area contributed by atoms with Gasteiger partial charge in [-0.3, -0.25) is 0 Å². The molecule has 0 saturated heterocycles. The Kier molecular flexibility index (Phi) is 4.38. The second kappa shape index (κ2) is 6.36. The molecule has 0 radical (unpaired) electrons. The average Bonchev–Trinajstić information content (AvgIpc) is 2.97. The van der Waals surface area contributed by atoms with Gasteiger partial charge in [0.1, 0.15) is 28.8 Å². The summed E-state index contributed by atoms with van der Waals surface area (Å²) in [5, 5.41) is 18.2. The van der Waals surface area contributed by atoms with Crippen LogP contribution >= 0.6 is 0 Å². The van der Waals surface area contributed by atoms with Crippen molar-refractivity contribution in [1.82, 2.24) is 5.16 Å². The molecule has 6 nitrogen and oxygen atoms in total. The molecule has 0 spiro atoms. The van der Waals surface area contributed by atoms with Crippen LogP contribution in [0.3, 0.4) is 0 Å². The molecule has 130 valence electrons. The fourth-order valence-electron chi connectivity index (χ4n) is 2.45. The first-order valence-electron chi connectivity index (χ1n) is 6.99. The minimum Gasteiger partial charge on any atom is -0.388 e. The number of aromatic nitrogens is 1. The van der Waals surface area contributed by atoms with Crippen molar-refractivity contribution in [3.05, 3.63) is 59.9 Å². The second-order valence-corrected chi connectivity index (χ2v) is 6.72. The molecule has 0 unspecified atom stereocenters. The number of aliphatic hydroxyl groups excluding tert-OH is 1. The zero-order chi connectivity index (χ0) is 18.2. The number of nitrogens with two attached hydrogens (primary N) is 1.